The maximum absolute atomic E-state index is 12.1. The molecule has 0 aliphatic carbocycles. The van der Waals surface area contributed by atoms with E-state index in [-0.39, 0.29) is 31.4 Å². The number of amides is 2. The molecule has 1 aliphatic heterocycles. The van der Waals surface area contributed by atoms with Crippen LogP contribution in [0, 0.1) is 0 Å². The van der Waals surface area contributed by atoms with Crippen molar-refractivity contribution in [1.29, 1.82) is 0 Å². The van der Waals surface area contributed by atoms with Crippen molar-refractivity contribution in [3.8, 4) is 0 Å². The maximum atomic E-state index is 12.1. The molecule has 1 aromatic rings. The molecule has 0 radical (unpaired) electrons. The lowest BCUT2D eigenvalue weighted by molar-refractivity contribution is -0.134. The molecule has 7 nitrogen and oxygen atoms in total. The molecule has 2 heterocycles. The van der Waals surface area contributed by atoms with E-state index in [0.717, 1.165) is 4.88 Å². The van der Waals surface area contributed by atoms with E-state index in [2.05, 4.69) is 10.6 Å². The molecule has 0 aromatic carbocycles. The number of nitrogens with one attached hydrogen (secondary N) is 2. The number of carbonyl (C=O) groups is 2. The Balaban J connectivity index is 1.97. The van der Waals surface area contributed by atoms with Gasteiger partial charge in [0.25, 0.3) is 0 Å². The van der Waals surface area contributed by atoms with Crippen LogP contribution in [0.25, 0.3) is 0 Å². The fourth-order valence-electron chi connectivity index (χ4n) is 2.39. The van der Waals surface area contributed by atoms with Crippen LogP contribution in [-0.4, -0.2) is 65.3 Å². The minimum Gasteiger partial charge on any atom is -0.394 e. The Labute approximate surface area is 132 Å². The van der Waals surface area contributed by atoms with Crippen molar-refractivity contribution < 1.29 is 19.8 Å². The molecule has 0 bridgehead atoms. The summed E-state index contributed by atoms with van der Waals surface area (Å²) in [6, 6.07) is 2.74. The first kappa shape index (κ1) is 16.9. The first-order chi connectivity index (χ1) is 10.6. The summed E-state index contributed by atoms with van der Waals surface area (Å²) in [6.07, 6.45) is 0.00765. The summed E-state index contributed by atoms with van der Waals surface area (Å²) in [5, 5.41) is 25.3. The monoisotopic (exact) mass is 327 g/mol. The summed E-state index contributed by atoms with van der Waals surface area (Å²) >= 11 is 1.62. The second-order valence-corrected chi connectivity index (χ2v) is 6.22. The smallest absolute Gasteiger partial charge is 0.237 e. The molecule has 0 spiro atoms. The predicted molar refractivity (Wildman–Crippen MR) is 82.2 cm³/mol. The molecule has 1 fully saturated rings. The Hall–Kier alpha value is -1.48. The quantitative estimate of drug-likeness (QED) is 0.510. The highest BCUT2D eigenvalue weighted by atomic mass is 32.1. The highest BCUT2D eigenvalue weighted by Crippen LogP contribution is 2.17. The van der Waals surface area contributed by atoms with Crippen LogP contribution in [0.1, 0.15) is 11.3 Å². The molecular weight excluding hydrogens is 306 g/mol. The molecule has 1 aliphatic rings. The Kier molecular flexibility index (Phi) is 6.32. The van der Waals surface area contributed by atoms with Crippen LogP contribution in [0.2, 0.25) is 0 Å². The summed E-state index contributed by atoms with van der Waals surface area (Å²) in [7, 11) is 0. The van der Waals surface area contributed by atoms with Gasteiger partial charge in [-0.15, -0.1) is 11.3 Å². The SMILES string of the molecule is O=C(CC1C(=O)NCCN1Cc1cccs1)NC(CO)CO. The van der Waals surface area contributed by atoms with E-state index >= 15 is 0 Å². The Bertz CT molecular complexity index is 490. The van der Waals surface area contributed by atoms with E-state index in [4.69, 9.17) is 10.2 Å². The van der Waals surface area contributed by atoms with Crippen LogP contribution >= 0.6 is 11.3 Å². The molecule has 1 atom stereocenters. The number of nitrogens with zero attached hydrogens (tertiary/aromatic N) is 1. The molecule has 8 heteroatoms. The van der Waals surface area contributed by atoms with Crippen LogP contribution < -0.4 is 10.6 Å². The first-order valence-electron chi connectivity index (χ1n) is 7.19. The second kappa shape index (κ2) is 8.23. The highest BCUT2D eigenvalue weighted by Gasteiger charge is 2.32. The molecule has 1 unspecified atom stereocenters. The van der Waals surface area contributed by atoms with Crippen molar-refractivity contribution >= 4 is 23.2 Å². The van der Waals surface area contributed by atoms with Crippen molar-refractivity contribution in [1.82, 2.24) is 15.5 Å². The van der Waals surface area contributed by atoms with Gasteiger partial charge in [-0.25, -0.2) is 0 Å². The zero-order chi connectivity index (χ0) is 15.9. The van der Waals surface area contributed by atoms with Crippen LogP contribution in [-0.2, 0) is 16.1 Å². The topological polar surface area (TPSA) is 102 Å². The summed E-state index contributed by atoms with van der Waals surface area (Å²) in [5.41, 5.74) is 0. The average molecular weight is 327 g/mol. The van der Waals surface area contributed by atoms with Gasteiger partial charge in [0.05, 0.1) is 31.7 Å². The van der Waals surface area contributed by atoms with E-state index < -0.39 is 12.1 Å². The third kappa shape index (κ3) is 4.51. The van der Waals surface area contributed by atoms with Crippen molar-refractivity contribution in [3.05, 3.63) is 22.4 Å². The van der Waals surface area contributed by atoms with Crippen LogP contribution in [0.3, 0.4) is 0 Å². The summed E-state index contributed by atoms with van der Waals surface area (Å²) in [6.45, 7) is 1.21. The zero-order valence-corrected chi connectivity index (χ0v) is 13.0. The fraction of sp³-hybridized carbons (Fsp3) is 0.571. The first-order valence-corrected chi connectivity index (χ1v) is 8.07. The van der Waals surface area contributed by atoms with Gasteiger partial charge in [0.2, 0.25) is 11.8 Å². The van der Waals surface area contributed by atoms with Crippen LogP contribution in [0.15, 0.2) is 17.5 Å². The third-order valence-electron chi connectivity index (χ3n) is 3.57. The van der Waals surface area contributed by atoms with Gasteiger partial charge in [-0.05, 0) is 11.4 Å². The van der Waals surface area contributed by atoms with Crippen molar-refractivity contribution in [2.75, 3.05) is 26.3 Å². The second-order valence-electron chi connectivity index (χ2n) is 5.19. The average Bonchev–Trinajstić information content (AvgIpc) is 3.01. The molecule has 4 N–H and O–H groups in total. The minimum atomic E-state index is -0.690. The lowest BCUT2D eigenvalue weighted by Crippen LogP contribution is -2.56. The van der Waals surface area contributed by atoms with E-state index in [9.17, 15) is 9.59 Å². The molecule has 2 amide bonds. The Morgan fingerprint density at radius 2 is 2.27 bits per heavy atom. The van der Waals surface area contributed by atoms with E-state index in [0.29, 0.717) is 19.6 Å². The van der Waals surface area contributed by atoms with Gasteiger partial charge in [-0.3, -0.25) is 14.5 Å². The minimum absolute atomic E-state index is 0.00765. The largest absolute Gasteiger partial charge is 0.394 e. The number of piperazine rings is 1. The van der Waals surface area contributed by atoms with Gasteiger partial charge >= 0.3 is 0 Å². The van der Waals surface area contributed by atoms with Gasteiger partial charge in [-0.1, -0.05) is 6.07 Å². The molecule has 22 heavy (non-hydrogen) atoms. The molecule has 122 valence electrons. The number of thiophene rings is 1. The van der Waals surface area contributed by atoms with Crippen molar-refractivity contribution in [2.45, 2.75) is 25.0 Å². The summed E-state index contributed by atoms with van der Waals surface area (Å²) in [4.78, 5) is 27.2. The Morgan fingerprint density at radius 3 is 2.91 bits per heavy atom. The summed E-state index contributed by atoms with van der Waals surface area (Å²) < 4.78 is 0. The Morgan fingerprint density at radius 1 is 1.50 bits per heavy atom. The number of aliphatic hydroxyl groups is 2. The van der Waals surface area contributed by atoms with Crippen molar-refractivity contribution in [2.24, 2.45) is 0 Å². The van der Waals surface area contributed by atoms with Crippen LogP contribution in [0.4, 0.5) is 0 Å². The molecule has 1 aromatic heterocycles. The number of rotatable bonds is 7. The fourth-order valence-corrected chi connectivity index (χ4v) is 3.12. The maximum Gasteiger partial charge on any atom is 0.237 e. The molecule has 1 saturated heterocycles. The van der Waals surface area contributed by atoms with Gasteiger partial charge in [-0.2, -0.15) is 0 Å². The van der Waals surface area contributed by atoms with Crippen molar-refractivity contribution in [3.63, 3.8) is 0 Å². The molecule has 2 rings (SSSR count). The number of aliphatic hydroxyl groups excluding tert-OH is 2. The number of hydrogen-bond acceptors (Lipinski definition) is 6. The van der Waals surface area contributed by atoms with E-state index in [1.54, 1.807) is 11.3 Å². The normalized spacial score (nSPS) is 19.2. The van der Waals surface area contributed by atoms with Gasteiger partial charge in [0.1, 0.15) is 0 Å². The lowest BCUT2D eigenvalue weighted by atomic mass is 10.1. The molecule has 0 saturated carbocycles. The zero-order valence-electron chi connectivity index (χ0n) is 12.2. The third-order valence-corrected chi connectivity index (χ3v) is 4.43. The van der Waals surface area contributed by atoms with Gasteiger partial charge in [0.15, 0.2) is 0 Å². The number of carbonyl (C=O) groups excluding carboxylic acids is 2. The van der Waals surface area contributed by atoms with Crippen LogP contribution in [0.5, 0.6) is 0 Å². The van der Waals surface area contributed by atoms with E-state index in [1.807, 2.05) is 22.4 Å². The van der Waals surface area contributed by atoms with E-state index in [1.165, 1.54) is 0 Å². The summed E-state index contributed by atoms with van der Waals surface area (Å²) in [5.74, 6) is -0.520. The predicted octanol–water partition coefficient (Wildman–Crippen LogP) is -1.09. The van der Waals surface area contributed by atoms with Gasteiger partial charge in [0, 0.05) is 24.5 Å². The number of hydrogen-bond donors (Lipinski definition) is 4. The molecular formula is C14H21N3O4S. The highest BCUT2D eigenvalue weighted by molar-refractivity contribution is 7.09. The standard InChI is InChI=1S/C14H21N3O4S/c18-8-10(9-19)16-13(20)6-12-14(21)15-3-4-17(12)7-11-2-1-5-22-11/h1-2,5,10,12,18-19H,3-4,6-9H2,(H,15,21)(H,16,20). The van der Waals surface area contributed by atoms with Gasteiger partial charge < -0.3 is 20.8 Å². The lowest BCUT2D eigenvalue weighted by Gasteiger charge is -2.34.